The van der Waals surface area contributed by atoms with E-state index in [2.05, 4.69) is 174 Å². The normalized spacial score (nSPS) is 13.4. The molecular formula is C49H42N2O. The second-order valence-electron chi connectivity index (χ2n) is 14.1. The van der Waals surface area contributed by atoms with Crippen LogP contribution in [0.15, 0.2) is 180 Å². The van der Waals surface area contributed by atoms with E-state index < -0.39 is 0 Å². The number of benzene rings is 7. The summed E-state index contributed by atoms with van der Waals surface area (Å²) in [5.74, 6) is 0.677. The van der Waals surface area contributed by atoms with Gasteiger partial charge in [-0.05, 0) is 121 Å². The third-order valence-corrected chi connectivity index (χ3v) is 10.7. The molecule has 1 aliphatic rings. The molecule has 254 valence electrons. The van der Waals surface area contributed by atoms with Crippen molar-refractivity contribution in [2.75, 3.05) is 9.80 Å². The van der Waals surface area contributed by atoms with Crippen LogP contribution >= 0.6 is 0 Å². The quantitative estimate of drug-likeness (QED) is 0.152. The van der Waals surface area contributed by atoms with Gasteiger partial charge in [-0.2, -0.15) is 0 Å². The molecule has 0 unspecified atom stereocenters. The molecule has 1 fully saturated rings. The number of para-hydroxylation sites is 3. The highest BCUT2D eigenvalue weighted by Crippen LogP contribution is 2.40. The number of nitrogens with zero attached hydrogens (tertiary/aromatic N) is 2. The molecular weight excluding hydrogens is 633 g/mol. The average molecular weight is 675 g/mol. The van der Waals surface area contributed by atoms with Gasteiger partial charge >= 0.3 is 0 Å². The van der Waals surface area contributed by atoms with E-state index in [1.807, 2.05) is 12.1 Å². The highest BCUT2D eigenvalue weighted by molar-refractivity contribution is 6.06. The lowest BCUT2D eigenvalue weighted by Gasteiger charge is -2.27. The van der Waals surface area contributed by atoms with Crippen LogP contribution in [0.1, 0.15) is 54.7 Å². The fourth-order valence-electron chi connectivity index (χ4n) is 8.00. The number of furan rings is 1. The summed E-state index contributed by atoms with van der Waals surface area (Å²) in [6, 6.07) is 63.4. The fourth-order valence-corrected chi connectivity index (χ4v) is 8.00. The summed E-state index contributed by atoms with van der Waals surface area (Å²) in [5.41, 5.74) is 12.6. The Hall–Kier alpha value is -6.06. The van der Waals surface area contributed by atoms with Crippen LogP contribution < -0.4 is 9.80 Å². The van der Waals surface area contributed by atoms with Crippen molar-refractivity contribution in [1.29, 1.82) is 0 Å². The maximum Gasteiger partial charge on any atom is 0.137 e. The Morgan fingerprint density at radius 1 is 0.404 bits per heavy atom. The van der Waals surface area contributed by atoms with Crippen LogP contribution in [0.3, 0.4) is 0 Å². The standard InChI is InChI=1S/C49H42N2O/c1-4-12-38(13-5-1)39-24-30-44(31-25-39)51(45-32-33-47-46-18-10-11-19-48(46)52-49(47)35-45)43-28-22-37(23-29-43)34-36-20-26-42(27-21-36)50(40-14-6-2-7-15-40)41-16-8-3-9-17-41/h2-3,6-11,14-33,35,38H,1,4-5,12-13,34H2. The Morgan fingerprint density at radius 2 is 0.865 bits per heavy atom. The lowest BCUT2D eigenvalue weighted by Crippen LogP contribution is -2.11. The number of fused-ring (bicyclic) bond motifs is 3. The van der Waals surface area contributed by atoms with Gasteiger partial charge in [-0.25, -0.2) is 0 Å². The van der Waals surface area contributed by atoms with Crippen molar-refractivity contribution in [3.8, 4) is 0 Å². The van der Waals surface area contributed by atoms with Crippen molar-refractivity contribution in [3.05, 3.63) is 193 Å². The summed E-state index contributed by atoms with van der Waals surface area (Å²) >= 11 is 0. The first-order chi connectivity index (χ1) is 25.8. The highest BCUT2D eigenvalue weighted by Gasteiger charge is 2.19. The third kappa shape index (κ3) is 6.47. The van der Waals surface area contributed by atoms with Gasteiger partial charge in [0.1, 0.15) is 11.2 Å². The van der Waals surface area contributed by atoms with Crippen molar-refractivity contribution in [2.45, 2.75) is 44.4 Å². The summed E-state index contributed by atoms with van der Waals surface area (Å²) in [7, 11) is 0. The Balaban J connectivity index is 1.01. The maximum absolute atomic E-state index is 6.34. The van der Waals surface area contributed by atoms with E-state index in [1.54, 1.807) is 0 Å². The highest BCUT2D eigenvalue weighted by atomic mass is 16.3. The maximum atomic E-state index is 6.34. The second-order valence-corrected chi connectivity index (χ2v) is 14.1. The lowest BCUT2D eigenvalue weighted by molar-refractivity contribution is 0.443. The largest absolute Gasteiger partial charge is 0.456 e. The minimum atomic E-state index is 0.677. The molecule has 0 atom stereocenters. The number of rotatable bonds is 9. The van der Waals surface area contributed by atoms with Crippen molar-refractivity contribution < 1.29 is 4.42 Å². The molecule has 0 radical (unpaired) electrons. The van der Waals surface area contributed by atoms with Gasteiger partial charge in [0.25, 0.3) is 0 Å². The first kappa shape index (κ1) is 31.9. The van der Waals surface area contributed by atoms with Crippen molar-refractivity contribution in [1.82, 2.24) is 0 Å². The summed E-state index contributed by atoms with van der Waals surface area (Å²) in [5, 5.41) is 2.29. The summed E-state index contributed by atoms with van der Waals surface area (Å²) in [6.45, 7) is 0. The van der Waals surface area contributed by atoms with Gasteiger partial charge in [-0.3, -0.25) is 0 Å². The van der Waals surface area contributed by atoms with Crippen molar-refractivity contribution >= 4 is 56.1 Å². The van der Waals surface area contributed by atoms with E-state index in [0.29, 0.717) is 5.92 Å². The van der Waals surface area contributed by atoms with Gasteiger partial charge in [-0.1, -0.05) is 110 Å². The predicted molar refractivity (Wildman–Crippen MR) is 218 cm³/mol. The molecule has 9 rings (SSSR count). The Kier molecular flexibility index (Phi) is 8.76. The molecule has 52 heavy (non-hydrogen) atoms. The zero-order valence-electron chi connectivity index (χ0n) is 29.4. The van der Waals surface area contributed by atoms with Crippen LogP contribution in [0.5, 0.6) is 0 Å². The molecule has 0 spiro atoms. The molecule has 1 heterocycles. The van der Waals surface area contributed by atoms with Crippen molar-refractivity contribution in [2.24, 2.45) is 0 Å². The smallest absolute Gasteiger partial charge is 0.137 e. The molecule has 0 amide bonds. The zero-order valence-corrected chi connectivity index (χ0v) is 29.4. The van der Waals surface area contributed by atoms with Gasteiger partial charge < -0.3 is 14.2 Å². The topological polar surface area (TPSA) is 19.6 Å². The number of hydrogen-bond donors (Lipinski definition) is 0. The molecule has 0 bridgehead atoms. The van der Waals surface area contributed by atoms with Gasteiger partial charge in [0, 0.05) is 51.0 Å². The Labute approximate surface area is 306 Å². The molecule has 3 nitrogen and oxygen atoms in total. The fraction of sp³-hybridized carbons (Fsp3) is 0.143. The van der Waals surface area contributed by atoms with Gasteiger partial charge in [-0.15, -0.1) is 0 Å². The van der Waals surface area contributed by atoms with Crippen LogP contribution in [0.25, 0.3) is 21.9 Å². The van der Waals surface area contributed by atoms with Gasteiger partial charge in [0.05, 0.1) is 0 Å². The van der Waals surface area contributed by atoms with Crippen LogP contribution in [0, 0.1) is 0 Å². The van der Waals surface area contributed by atoms with E-state index >= 15 is 0 Å². The summed E-state index contributed by atoms with van der Waals surface area (Å²) in [4.78, 5) is 4.66. The molecule has 7 aromatic carbocycles. The van der Waals surface area contributed by atoms with Crippen molar-refractivity contribution in [3.63, 3.8) is 0 Å². The average Bonchev–Trinajstić information content (AvgIpc) is 3.59. The lowest BCUT2D eigenvalue weighted by atomic mass is 9.84. The molecule has 1 aromatic heterocycles. The molecule has 0 saturated heterocycles. The molecule has 0 N–H and O–H groups in total. The SMILES string of the molecule is c1ccc(N(c2ccccc2)c2ccc(Cc3ccc(N(c4ccc(C5CCCCC5)cc4)c4ccc5c(c4)oc4ccccc45)cc3)cc2)cc1. The van der Waals surface area contributed by atoms with Gasteiger partial charge in [0.2, 0.25) is 0 Å². The number of anilines is 6. The zero-order chi connectivity index (χ0) is 34.7. The molecule has 1 aliphatic carbocycles. The summed E-state index contributed by atoms with van der Waals surface area (Å²) in [6.07, 6.45) is 7.51. The van der Waals surface area contributed by atoms with E-state index in [1.165, 1.54) is 48.8 Å². The molecule has 8 aromatic rings. The predicted octanol–water partition coefficient (Wildman–Crippen LogP) is 14.2. The first-order valence-corrected chi connectivity index (χ1v) is 18.7. The van der Waals surface area contributed by atoms with E-state index in [-0.39, 0.29) is 0 Å². The minimum Gasteiger partial charge on any atom is -0.456 e. The molecule has 3 heteroatoms. The number of hydrogen-bond acceptors (Lipinski definition) is 3. The van der Waals surface area contributed by atoms with E-state index in [9.17, 15) is 0 Å². The minimum absolute atomic E-state index is 0.677. The van der Waals surface area contributed by atoms with Crippen LogP contribution in [-0.4, -0.2) is 0 Å². The summed E-state index contributed by atoms with van der Waals surface area (Å²) < 4.78 is 6.34. The third-order valence-electron chi connectivity index (χ3n) is 10.7. The van der Waals surface area contributed by atoms with Crippen LogP contribution in [-0.2, 0) is 6.42 Å². The Morgan fingerprint density at radius 3 is 1.46 bits per heavy atom. The Bertz CT molecular complexity index is 2350. The van der Waals surface area contributed by atoms with E-state index in [0.717, 1.165) is 62.5 Å². The second kappa shape index (κ2) is 14.3. The molecule has 0 aliphatic heterocycles. The van der Waals surface area contributed by atoms with E-state index in [4.69, 9.17) is 4.42 Å². The van der Waals surface area contributed by atoms with Gasteiger partial charge in [0.15, 0.2) is 0 Å². The van der Waals surface area contributed by atoms with Crippen LogP contribution in [0.4, 0.5) is 34.1 Å². The first-order valence-electron chi connectivity index (χ1n) is 18.7. The monoisotopic (exact) mass is 674 g/mol. The molecule has 1 saturated carbocycles. The van der Waals surface area contributed by atoms with Crippen LogP contribution in [0.2, 0.25) is 0 Å².